The Kier molecular flexibility index (Phi) is 5.58. The first-order valence-electron chi connectivity index (χ1n) is 7.94. The van der Waals surface area contributed by atoms with Gasteiger partial charge in [-0.05, 0) is 32.1 Å². The quantitative estimate of drug-likeness (QED) is 0.863. The first-order valence-corrected chi connectivity index (χ1v) is 8.76. The van der Waals surface area contributed by atoms with Crippen LogP contribution in [0, 0.1) is 5.92 Å². The van der Waals surface area contributed by atoms with Gasteiger partial charge in [0.1, 0.15) is 10.6 Å². The zero-order valence-corrected chi connectivity index (χ0v) is 13.9. The average molecular weight is 296 g/mol. The van der Waals surface area contributed by atoms with Crippen LogP contribution in [-0.4, -0.2) is 11.6 Å². The molecule has 1 saturated carbocycles. The normalized spacial score (nSPS) is 18.6. The van der Waals surface area contributed by atoms with Crippen molar-refractivity contribution in [2.24, 2.45) is 11.7 Å². The van der Waals surface area contributed by atoms with Crippen LogP contribution in [0.2, 0.25) is 0 Å². The van der Waals surface area contributed by atoms with E-state index in [1.54, 1.807) is 11.3 Å². The molecule has 114 valence electrons. The van der Waals surface area contributed by atoms with Crippen molar-refractivity contribution in [2.45, 2.75) is 71.4 Å². The standard InChI is InChI=1S/C16H28N2OS/c1-4-19-16(8-6-5-7-9-16)15-18-13(10-12(2)3)14(11-17)20-15/h12H,4-11,17H2,1-3H3. The highest BCUT2D eigenvalue weighted by molar-refractivity contribution is 7.11. The van der Waals surface area contributed by atoms with Crippen LogP contribution in [-0.2, 0) is 23.3 Å². The fraction of sp³-hybridized carbons (Fsp3) is 0.812. The molecule has 20 heavy (non-hydrogen) atoms. The highest BCUT2D eigenvalue weighted by atomic mass is 32.1. The summed E-state index contributed by atoms with van der Waals surface area (Å²) in [6.07, 6.45) is 7.06. The third-order valence-corrected chi connectivity index (χ3v) is 5.34. The smallest absolute Gasteiger partial charge is 0.125 e. The van der Waals surface area contributed by atoms with Crippen LogP contribution >= 0.6 is 11.3 Å². The van der Waals surface area contributed by atoms with Gasteiger partial charge in [0.15, 0.2) is 0 Å². The van der Waals surface area contributed by atoms with Crippen molar-refractivity contribution in [1.82, 2.24) is 4.98 Å². The fourth-order valence-corrected chi connectivity index (χ4v) is 4.27. The van der Waals surface area contributed by atoms with Crippen LogP contribution in [0.5, 0.6) is 0 Å². The summed E-state index contributed by atoms with van der Waals surface area (Å²) >= 11 is 1.79. The molecule has 3 nitrogen and oxygen atoms in total. The van der Waals surface area contributed by atoms with E-state index in [9.17, 15) is 0 Å². The Bertz CT molecular complexity index is 417. The average Bonchev–Trinajstić information content (AvgIpc) is 2.83. The Balaban J connectivity index is 2.30. The highest BCUT2D eigenvalue weighted by Gasteiger charge is 2.38. The third-order valence-electron chi connectivity index (χ3n) is 4.04. The minimum Gasteiger partial charge on any atom is -0.368 e. The van der Waals surface area contributed by atoms with E-state index in [1.807, 2.05) is 0 Å². The molecule has 4 heteroatoms. The minimum absolute atomic E-state index is 0.128. The molecular formula is C16H28N2OS. The molecule has 0 aromatic carbocycles. The lowest BCUT2D eigenvalue weighted by Gasteiger charge is -2.35. The summed E-state index contributed by atoms with van der Waals surface area (Å²) in [4.78, 5) is 6.20. The van der Waals surface area contributed by atoms with E-state index in [0.29, 0.717) is 12.5 Å². The second kappa shape index (κ2) is 7.01. The lowest BCUT2D eigenvalue weighted by Crippen LogP contribution is -2.32. The van der Waals surface area contributed by atoms with Gasteiger partial charge in [-0.15, -0.1) is 11.3 Å². The lowest BCUT2D eigenvalue weighted by atomic mass is 9.85. The van der Waals surface area contributed by atoms with Gasteiger partial charge < -0.3 is 10.5 Å². The van der Waals surface area contributed by atoms with Gasteiger partial charge in [-0.3, -0.25) is 0 Å². The molecular weight excluding hydrogens is 268 g/mol. The van der Waals surface area contributed by atoms with Crippen molar-refractivity contribution in [2.75, 3.05) is 6.61 Å². The summed E-state index contributed by atoms with van der Waals surface area (Å²) < 4.78 is 6.18. The number of nitrogens with zero attached hydrogens (tertiary/aromatic N) is 1. The number of aromatic nitrogens is 1. The van der Waals surface area contributed by atoms with Gasteiger partial charge in [0.05, 0.1) is 5.69 Å². The second-order valence-corrected chi connectivity index (χ2v) is 7.26. The molecule has 0 bridgehead atoms. The number of hydrogen-bond donors (Lipinski definition) is 1. The van der Waals surface area contributed by atoms with Gasteiger partial charge in [-0.1, -0.05) is 33.1 Å². The lowest BCUT2D eigenvalue weighted by molar-refractivity contribution is -0.0705. The first kappa shape index (κ1) is 15.9. The molecule has 0 aliphatic heterocycles. The van der Waals surface area contributed by atoms with Crippen molar-refractivity contribution in [3.8, 4) is 0 Å². The molecule has 1 aliphatic rings. The van der Waals surface area contributed by atoms with E-state index in [4.69, 9.17) is 15.5 Å². The Morgan fingerprint density at radius 2 is 2.00 bits per heavy atom. The van der Waals surface area contributed by atoms with Crippen molar-refractivity contribution < 1.29 is 4.74 Å². The van der Waals surface area contributed by atoms with Crippen LogP contribution in [0.3, 0.4) is 0 Å². The van der Waals surface area contributed by atoms with Crippen LogP contribution in [0.4, 0.5) is 0 Å². The summed E-state index contributed by atoms with van der Waals surface area (Å²) in [5.41, 5.74) is 6.99. The number of rotatable bonds is 6. The Morgan fingerprint density at radius 3 is 2.55 bits per heavy atom. The monoisotopic (exact) mass is 296 g/mol. The van der Waals surface area contributed by atoms with Crippen LogP contribution in [0.15, 0.2) is 0 Å². The molecule has 1 aromatic rings. The zero-order valence-electron chi connectivity index (χ0n) is 13.1. The largest absolute Gasteiger partial charge is 0.368 e. The molecule has 0 radical (unpaired) electrons. The number of nitrogens with two attached hydrogens (primary N) is 1. The molecule has 0 saturated heterocycles. The maximum atomic E-state index is 6.18. The molecule has 0 unspecified atom stereocenters. The van der Waals surface area contributed by atoms with E-state index < -0.39 is 0 Å². The summed E-state index contributed by atoms with van der Waals surface area (Å²) in [6, 6.07) is 0. The summed E-state index contributed by atoms with van der Waals surface area (Å²) in [5.74, 6) is 0.615. The second-order valence-electron chi connectivity index (χ2n) is 6.18. The van der Waals surface area contributed by atoms with Crippen LogP contribution < -0.4 is 5.73 Å². The molecule has 0 spiro atoms. The van der Waals surface area contributed by atoms with Gasteiger partial charge in [-0.25, -0.2) is 4.98 Å². The Morgan fingerprint density at radius 1 is 1.30 bits per heavy atom. The number of thiazole rings is 1. The van der Waals surface area contributed by atoms with Gasteiger partial charge >= 0.3 is 0 Å². The molecule has 1 aliphatic carbocycles. The third kappa shape index (κ3) is 3.41. The SMILES string of the molecule is CCOC1(c2nc(CC(C)C)c(CN)s2)CCCCC1. The highest BCUT2D eigenvalue weighted by Crippen LogP contribution is 2.43. The Hall–Kier alpha value is -0.450. The topological polar surface area (TPSA) is 48.1 Å². The predicted molar refractivity (Wildman–Crippen MR) is 84.9 cm³/mol. The predicted octanol–water partition coefficient (Wildman–Crippen LogP) is 4.00. The van der Waals surface area contributed by atoms with Crippen molar-refractivity contribution in [3.05, 3.63) is 15.6 Å². The fourth-order valence-electron chi connectivity index (χ4n) is 3.10. The molecule has 1 fully saturated rings. The molecule has 2 N–H and O–H groups in total. The molecule has 0 atom stereocenters. The van der Waals surface area contributed by atoms with Crippen molar-refractivity contribution in [1.29, 1.82) is 0 Å². The summed E-state index contributed by atoms with van der Waals surface area (Å²) in [5, 5.41) is 1.18. The van der Waals surface area contributed by atoms with E-state index in [1.165, 1.54) is 34.8 Å². The molecule has 0 amide bonds. The van der Waals surface area contributed by atoms with Gasteiger partial charge in [0, 0.05) is 18.0 Å². The first-order chi connectivity index (χ1) is 9.61. The summed E-state index contributed by atoms with van der Waals surface area (Å²) in [7, 11) is 0. The van der Waals surface area contributed by atoms with Crippen molar-refractivity contribution in [3.63, 3.8) is 0 Å². The van der Waals surface area contributed by atoms with Crippen LogP contribution in [0.1, 0.15) is 68.5 Å². The zero-order chi connectivity index (χ0) is 14.6. The maximum Gasteiger partial charge on any atom is 0.125 e. The van der Waals surface area contributed by atoms with Crippen molar-refractivity contribution >= 4 is 11.3 Å². The minimum atomic E-state index is -0.128. The van der Waals surface area contributed by atoms with E-state index in [0.717, 1.165) is 25.9 Å². The van der Waals surface area contributed by atoms with Crippen LogP contribution in [0.25, 0.3) is 0 Å². The Labute approximate surface area is 126 Å². The number of ether oxygens (including phenoxy) is 1. The molecule has 2 rings (SSSR count). The van der Waals surface area contributed by atoms with E-state index in [2.05, 4.69) is 20.8 Å². The van der Waals surface area contributed by atoms with Gasteiger partial charge in [0.2, 0.25) is 0 Å². The molecule has 1 heterocycles. The van der Waals surface area contributed by atoms with Gasteiger partial charge in [0.25, 0.3) is 0 Å². The summed E-state index contributed by atoms with van der Waals surface area (Å²) in [6.45, 7) is 7.91. The van der Waals surface area contributed by atoms with Gasteiger partial charge in [-0.2, -0.15) is 0 Å². The van der Waals surface area contributed by atoms with E-state index >= 15 is 0 Å². The molecule has 1 aromatic heterocycles. The maximum absolute atomic E-state index is 6.18. The van der Waals surface area contributed by atoms with E-state index in [-0.39, 0.29) is 5.60 Å². The number of hydrogen-bond acceptors (Lipinski definition) is 4.